The standard InChI is InChI=1S/C19H22O4S/c1-3-22-19(21)15-7-9-16(10-8-15)23-12-5-4-6-17(20)18-14(2)11-13-24-18/h7-11,13H,3-6,12H2,1-2H3. The number of hydrogen-bond donors (Lipinski definition) is 0. The van der Waals surface area contributed by atoms with Gasteiger partial charge in [-0.05, 0) is 68.0 Å². The van der Waals surface area contributed by atoms with Crippen LogP contribution < -0.4 is 4.74 Å². The van der Waals surface area contributed by atoms with Crippen LogP contribution in [0.4, 0.5) is 0 Å². The number of rotatable bonds is 9. The highest BCUT2D eigenvalue weighted by molar-refractivity contribution is 7.12. The normalized spacial score (nSPS) is 10.4. The van der Waals surface area contributed by atoms with Gasteiger partial charge in [0, 0.05) is 6.42 Å². The molecule has 0 N–H and O–H groups in total. The molecule has 0 radical (unpaired) electrons. The number of esters is 1. The van der Waals surface area contributed by atoms with Crippen molar-refractivity contribution in [1.29, 1.82) is 0 Å². The summed E-state index contributed by atoms with van der Waals surface area (Å²) in [6, 6.07) is 8.87. The molecule has 1 heterocycles. The summed E-state index contributed by atoms with van der Waals surface area (Å²) in [7, 11) is 0. The summed E-state index contributed by atoms with van der Waals surface area (Å²) in [6.45, 7) is 4.66. The van der Waals surface area contributed by atoms with Gasteiger partial charge in [-0.3, -0.25) is 4.79 Å². The zero-order valence-corrected chi connectivity index (χ0v) is 14.9. The van der Waals surface area contributed by atoms with Crippen LogP contribution in [0.5, 0.6) is 5.75 Å². The Bertz CT molecular complexity index is 673. The lowest BCUT2D eigenvalue weighted by molar-refractivity contribution is 0.0526. The van der Waals surface area contributed by atoms with Gasteiger partial charge in [-0.1, -0.05) is 0 Å². The second kappa shape index (κ2) is 9.23. The van der Waals surface area contributed by atoms with Crippen LogP contribution in [0.3, 0.4) is 0 Å². The fraction of sp³-hybridized carbons (Fsp3) is 0.368. The fourth-order valence-corrected chi connectivity index (χ4v) is 3.15. The molecule has 0 aliphatic heterocycles. The van der Waals surface area contributed by atoms with Gasteiger partial charge in [-0.2, -0.15) is 0 Å². The Morgan fingerprint density at radius 1 is 1.08 bits per heavy atom. The molecule has 2 aromatic rings. The van der Waals surface area contributed by atoms with E-state index < -0.39 is 0 Å². The number of hydrogen-bond acceptors (Lipinski definition) is 5. The van der Waals surface area contributed by atoms with Crippen molar-refractivity contribution < 1.29 is 19.1 Å². The van der Waals surface area contributed by atoms with Gasteiger partial charge in [0.25, 0.3) is 0 Å². The molecule has 0 saturated heterocycles. The molecule has 1 aromatic carbocycles. The Hall–Kier alpha value is -2.14. The van der Waals surface area contributed by atoms with Crippen LogP contribution in [0.25, 0.3) is 0 Å². The van der Waals surface area contributed by atoms with Gasteiger partial charge in [0.05, 0.1) is 23.7 Å². The average Bonchev–Trinajstić information content (AvgIpc) is 3.01. The summed E-state index contributed by atoms with van der Waals surface area (Å²) in [4.78, 5) is 24.5. The largest absolute Gasteiger partial charge is 0.494 e. The highest BCUT2D eigenvalue weighted by atomic mass is 32.1. The van der Waals surface area contributed by atoms with E-state index in [0.717, 1.165) is 23.3 Å². The van der Waals surface area contributed by atoms with E-state index in [-0.39, 0.29) is 11.8 Å². The highest BCUT2D eigenvalue weighted by Crippen LogP contribution is 2.19. The Labute approximate surface area is 146 Å². The van der Waals surface area contributed by atoms with E-state index in [2.05, 4.69) is 0 Å². The van der Waals surface area contributed by atoms with Gasteiger partial charge in [0.1, 0.15) is 5.75 Å². The second-order valence-electron chi connectivity index (χ2n) is 5.41. The first-order valence-electron chi connectivity index (χ1n) is 8.09. The zero-order chi connectivity index (χ0) is 17.4. The summed E-state index contributed by atoms with van der Waals surface area (Å²) >= 11 is 1.51. The van der Waals surface area contributed by atoms with Crippen molar-refractivity contribution in [3.63, 3.8) is 0 Å². The quantitative estimate of drug-likeness (QED) is 0.376. The number of thiophene rings is 1. The van der Waals surface area contributed by atoms with Crippen molar-refractivity contribution in [3.05, 3.63) is 51.7 Å². The van der Waals surface area contributed by atoms with Crippen LogP contribution in [-0.2, 0) is 4.74 Å². The van der Waals surface area contributed by atoms with Gasteiger partial charge in [-0.25, -0.2) is 4.79 Å². The molecule has 5 heteroatoms. The van der Waals surface area contributed by atoms with Crippen molar-refractivity contribution in [2.75, 3.05) is 13.2 Å². The molecule has 0 fully saturated rings. The van der Waals surface area contributed by atoms with Crippen LogP contribution >= 0.6 is 11.3 Å². The van der Waals surface area contributed by atoms with Crippen LogP contribution in [0, 0.1) is 6.92 Å². The Morgan fingerprint density at radius 2 is 1.83 bits per heavy atom. The van der Waals surface area contributed by atoms with E-state index in [1.54, 1.807) is 31.2 Å². The molecular formula is C19H22O4S. The molecule has 24 heavy (non-hydrogen) atoms. The third-order valence-electron chi connectivity index (χ3n) is 3.55. The number of carbonyl (C=O) groups is 2. The molecule has 0 atom stereocenters. The number of ketones is 1. The first-order valence-corrected chi connectivity index (χ1v) is 8.97. The maximum absolute atomic E-state index is 12.0. The molecule has 1 aromatic heterocycles. The first-order chi connectivity index (χ1) is 11.6. The number of carbonyl (C=O) groups excluding carboxylic acids is 2. The average molecular weight is 346 g/mol. The lowest BCUT2D eigenvalue weighted by atomic mass is 10.1. The van der Waals surface area contributed by atoms with E-state index in [1.807, 2.05) is 18.4 Å². The minimum Gasteiger partial charge on any atom is -0.494 e. The third-order valence-corrected chi connectivity index (χ3v) is 4.61. The molecule has 128 valence electrons. The number of Topliss-reactive ketones (excluding diaryl/α,β-unsaturated/α-hetero) is 1. The molecule has 0 amide bonds. The van der Waals surface area contributed by atoms with Crippen molar-refractivity contribution in [2.45, 2.75) is 33.1 Å². The monoisotopic (exact) mass is 346 g/mol. The summed E-state index contributed by atoms with van der Waals surface area (Å²) < 4.78 is 10.6. The predicted octanol–water partition coefficient (Wildman–Crippen LogP) is 4.67. The van der Waals surface area contributed by atoms with Gasteiger partial charge in [0.2, 0.25) is 0 Å². The maximum Gasteiger partial charge on any atom is 0.338 e. The predicted molar refractivity (Wildman–Crippen MR) is 95.1 cm³/mol. The van der Waals surface area contributed by atoms with E-state index in [1.165, 1.54) is 11.3 Å². The SMILES string of the molecule is CCOC(=O)c1ccc(OCCCCC(=O)c2sccc2C)cc1. The zero-order valence-electron chi connectivity index (χ0n) is 14.0. The summed E-state index contributed by atoms with van der Waals surface area (Å²) in [6.07, 6.45) is 2.17. The van der Waals surface area contributed by atoms with E-state index >= 15 is 0 Å². The van der Waals surface area contributed by atoms with Crippen molar-refractivity contribution in [1.82, 2.24) is 0 Å². The molecule has 0 unspecified atom stereocenters. The van der Waals surface area contributed by atoms with Crippen LogP contribution in [0.2, 0.25) is 0 Å². The number of benzene rings is 1. The first kappa shape index (κ1) is 18.2. The topological polar surface area (TPSA) is 52.6 Å². The fourth-order valence-electron chi connectivity index (χ4n) is 2.25. The Morgan fingerprint density at radius 3 is 2.46 bits per heavy atom. The lowest BCUT2D eigenvalue weighted by Crippen LogP contribution is -2.05. The minimum atomic E-state index is -0.327. The molecule has 2 rings (SSSR count). The van der Waals surface area contributed by atoms with Crippen molar-refractivity contribution in [2.24, 2.45) is 0 Å². The summed E-state index contributed by atoms with van der Waals surface area (Å²) in [5, 5.41) is 1.95. The minimum absolute atomic E-state index is 0.210. The summed E-state index contributed by atoms with van der Waals surface area (Å²) in [5.74, 6) is 0.594. The van der Waals surface area contributed by atoms with E-state index in [0.29, 0.717) is 30.9 Å². The van der Waals surface area contributed by atoms with Gasteiger partial charge >= 0.3 is 5.97 Å². The molecule has 0 bridgehead atoms. The number of aryl methyl sites for hydroxylation is 1. The van der Waals surface area contributed by atoms with E-state index in [4.69, 9.17) is 9.47 Å². The second-order valence-corrected chi connectivity index (χ2v) is 6.32. The lowest BCUT2D eigenvalue weighted by Gasteiger charge is -2.07. The molecule has 0 spiro atoms. The molecular weight excluding hydrogens is 324 g/mol. The molecule has 0 aliphatic carbocycles. The van der Waals surface area contributed by atoms with E-state index in [9.17, 15) is 9.59 Å². The van der Waals surface area contributed by atoms with Crippen molar-refractivity contribution in [3.8, 4) is 5.75 Å². The third kappa shape index (κ3) is 5.20. The number of ether oxygens (including phenoxy) is 2. The van der Waals surface area contributed by atoms with Gasteiger partial charge < -0.3 is 9.47 Å². The number of unbranched alkanes of at least 4 members (excludes halogenated alkanes) is 1. The van der Waals surface area contributed by atoms with Crippen LogP contribution in [0.15, 0.2) is 35.7 Å². The molecule has 0 saturated carbocycles. The van der Waals surface area contributed by atoms with Crippen molar-refractivity contribution >= 4 is 23.1 Å². The highest BCUT2D eigenvalue weighted by Gasteiger charge is 2.10. The Balaban J connectivity index is 1.68. The van der Waals surface area contributed by atoms with Crippen LogP contribution in [0.1, 0.15) is 51.8 Å². The van der Waals surface area contributed by atoms with Crippen LogP contribution in [-0.4, -0.2) is 25.0 Å². The Kier molecular flexibility index (Phi) is 7.00. The van der Waals surface area contributed by atoms with Gasteiger partial charge in [-0.15, -0.1) is 11.3 Å². The molecule has 4 nitrogen and oxygen atoms in total. The maximum atomic E-state index is 12.0. The summed E-state index contributed by atoms with van der Waals surface area (Å²) in [5.41, 5.74) is 1.57. The smallest absolute Gasteiger partial charge is 0.338 e. The van der Waals surface area contributed by atoms with Gasteiger partial charge in [0.15, 0.2) is 5.78 Å². The molecule has 0 aliphatic rings.